The molecular weight excluding hydrogens is 263 g/mol. The van der Waals surface area contributed by atoms with Crippen molar-refractivity contribution >= 4 is 5.97 Å². The van der Waals surface area contributed by atoms with Crippen LogP contribution in [0.3, 0.4) is 0 Å². The lowest BCUT2D eigenvalue weighted by molar-refractivity contribution is -0.138. The van der Waals surface area contributed by atoms with Gasteiger partial charge in [-0.15, -0.1) is 0 Å². The molecule has 5 heteroatoms. The second kappa shape index (κ2) is 8.96. The first kappa shape index (κ1) is 16.0. The number of ether oxygens (including phenoxy) is 2. The van der Waals surface area contributed by atoms with Gasteiger partial charge in [0, 0.05) is 12.8 Å². The highest BCUT2D eigenvalue weighted by molar-refractivity contribution is 5.88. The largest absolute Gasteiger partial charge is 0.515 e. The van der Waals surface area contributed by atoms with Gasteiger partial charge in [-0.25, -0.2) is 4.79 Å². The average Bonchev–Trinajstić information content (AvgIpc) is 2.46. The van der Waals surface area contributed by atoms with E-state index in [2.05, 4.69) is 0 Å². The molecule has 1 N–H and O–H groups in total. The number of alkyl halides is 1. The zero-order valence-corrected chi connectivity index (χ0v) is 11.5. The maximum Gasteiger partial charge on any atom is 0.337 e. The van der Waals surface area contributed by atoms with Crippen LogP contribution in [0.1, 0.15) is 18.9 Å². The fraction of sp³-hybridized carbons (Fsp3) is 0.400. The first-order chi connectivity index (χ1) is 9.71. The van der Waals surface area contributed by atoms with E-state index in [4.69, 9.17) is 14.6 Å². The van der Waals surface area contributed by atoms with Crippen molar-refractivity contribution in [3.8, 4) is 5.75 Å². The van der Waals surface area contributed by atoms with Crippen LogP contribution in [0.4, 0.5) is 4.39 Å². The highest BCUT2D eigenvalue weighted by Crippen LogP contribution is 2.17. The van der Waals surface area contributed by atoms with Gasteiger partial charge in [0.1, 0.15) is 5.75 Å². The average molecular weight is 282 g/mol. The Bertz CT molecular complexity index is 457. The van der Waals surface area contributed by atoms with Gasteiger partial charge in [-0.2, -0.15) is 0 Å². The van der Waals surface area contributed by atoms with Crippen LogP contribution < -0.4 is 4.74 Å². The molecule has 0 radical (unpaired) electrons. The SMILES string of the molecule is CCOC(=O)/C(=C/O)Cc1cccc(OCCCF)c1. The molecule has 0 aliphatic rings. The summed E-state index contributed by atoms with van der Waals surface area (Å²) in [6.45, 7) is 1.84. The fourth-order valence-corrected chi connectivity index (χ4v) is 1.60. The van der Waals surface area contributed by atoms with Gasteiger partial charge in [0.2, 0.25) is 0 Å². The summed E-state index contributed by atoms with van der Waals surface area (Å²) < 4.78 is 22.2. The second-order valence-electron chi connectivity index (χ2n) is 4.09. The van der Waals surface area contributed by atoms with E-state index in [1.807, 2.05) is 6.07 Å². The van der Waals surface area contributed by atoms with Crippen LogP contribution in [0, 0.1) is 0 Å². The molecule has 0 bridgehead atoms. The second-order valence-corrected chi connectivity index (χ2v) is 4.09. The van der Waals surface area contributed by atoms with Gasteiger partial charge in [-0.1, -0.05) is 12.1 Å². The molecule has 1 aromatic carbocycles. The predicted octanol–water partition coefficient (Wildman–Crippen LogP) is 2.97. The van der Waals surface area contributed by atoms with Gasteiger partial charge in [-0.3, -0.25) is 4.39 Å². The fourth-order valence-electron chi connectivity index (χ4n) is 1.60. The van der Waals surface area contributed by atoms with E-state index >= 15 is 0 Å². The van der Waals surface area contributed by atoms with Gasteiger partial charge in [0.25, 0.3) is 0 Å². The van der Waals surface area contributed by atoms with Crippen molar-refractivity contribution in [2.45, 2.75) is 19.8 Å². The minimum atomic E-state index is -0.543. The van der Waals surface area contributed by atoms with Crippen molar-refractivity contribution in [2.75, 3.05) is 19.9 Å². The van der Waals surface area contributed by atoms with Crippen molar-refractivity contribution in [1.29, 1.82) is 0 Å². The molecule has 4 nitrogen and oxygen atoms in total. The van der Waals surface area contributed by atoms with Gasteiger partial charge in [0.15, 0.2) is 0 Å². The van der Waals surface area contributed by atoms with Crippen LogP contribution in [-0.4, -0.2) is 31.0 Å². The summed E-state index contributed by atoms with van der Waals surface area (Å²) in [4.78, 5) is 11.6. The minimum Gasteiger partial charge on any atom is -0.515 e. The number of hydrogen-bond donors (Lipinski definition) is 1. The predicted molar refractivity (Wildman–Crippen MR) is 73.6 cm³/mol. The van der Waals surface area contributed by atoms with Crippen LogP contribution in [0.15, 0.2) is 36.1 Å². The van der Waals surface area contributed by atoms with Gasteiger partial charge in [-0.05, 0) is 24.6 Å². The summed E-state index contributed by atoms with van der Waals surface area (Å²) in [6, 6.07) is 7.10. The summed E-state index contributed by atoms with van der Waals surface area (Å²) in [7, 11) is 0. The molecule has 110 valence electrons. The summed E-state index contributed by atoms with van der Waals surface area (Å²) in [6.07, 6.45) is 1.35. The number of benzene rings is 1. The highest BCUT2D eigenvalue weighted by Gasteiger charge is 2.12. The Balaban J connectivity index is 2.67. The van der Waals surface area contributed by atoms with E-state index in [0.717, 1.165) is 11.8 Å². The number of aliphatic hydroxyl groups excluding tert-OH is 1. The molecule has 0 aliphatic carbocycles. The Morgan fingerprint density at radius 2 is 2.25 bits per heavy atom. The van der Waals surface area contributed by atoms with E-state index in [0.29, 0.717) is 18.8 Å². The summed E-state index contributed by atoms with van der Waals surface area (Å²) in [5.41, 5.74) is 0.976. The monoisotopic (exact) mass is 282 g/mol. The van der Waals surface area contributed by atoms with E-state index < -0.39 is 12.6 Å². The molecule has 0 fully saturated rings. The van der Waals surface area contributed by atoms with Crippen molar-refractivity contribution < 1.29 is 23.8 Å². The van der Waals surface area contributed by atoms with E-state index in [1.165, 1.54) is 0 Å². The zero-order valence-electron chi connectivity index (χ0n) is 11.5. The normalized spacial score (nSPS) is 11.2. The lowest BCUT2D eigenvalue weighted by atomic mass is 10.1. The van der Waals surface area contributed by atoms with Gasteiger partial charge >= 0.3 is 5.97 Å². The van der Waals surface area contributed by atoms with Crippen LogP contribution in [0.5, 0.6) is 5.75 Å². The number of carbonyl (C=O) groups is 1. The third-order valence-corrected chi connectivity index (χ3v) is 2.53. The zero-order chi connectivity index (χ0) is 14.8. The number of carbonyl (C=O) groups excluding carboxylic acids is 1. The summed E-state index contributed by atoms with van der Waals surface area (Å²) in [5.74, 6) is 0.0656. The van der Waals surface area contributed by atoms with Gasteiger partial charge in [0.05, 0.1) is 31.7 Å². The Hall–Kier alpha value is -2.04. The molecule has 0 aromatic heterocycles. The van der Waals surface area contributed by atoms with Crippen molar-refractivity contribution in [2.24, 2.45) is 0 Å². The molecule has 0 aliphatic heterocycles. The summed E-state index contributed by atoms with van der Waals surface area (Å²) >= 11 is 0. The van der Waals surface area contributed by atoms with Gasteiger partial charge < -0.3 is 14.6 Å². The van der Waals surface area contributed by atoms with Crippen LogP contribution in [0.2, 0.25) is 0 Å². The number of hydrogen-bond acceptors (Lipinski definition) is 4. The number of halogens is 1. The lowest BCUT2D eigenvalue weighted by Gasteiger charge is -2.08. The molecule has 1 rings (SSSR count). The van der Waals surface area contributed by atoms with Crippen LogP contribution >= 0.6 is 0 Å². The maximum atomic E-state index is 12.0. The topological polar surface area (TPSA) is 55.8 Å². The Kier molecular flexibility index (Phi) is 7.17. The molecule has 20 heavy (non-hydrogen) atoms. The lowest BCUT2D eigenvalue weighted by Crippen LogP contribution is -2.10. The molecule has 0 amide bonds. The molecule has 1 aromatic rings. The smallest absolute Gasteiger partial charge is 0.337 e. The summed E-state index contributed by atoms with van der Waals surface area (Å²) in [5, 5.41) is 9.09. The standard InChI is InChI=1S/C15H19FO4/c1-2-19-15(18)13(11-17)9-12-5-3-6-14(10-12)20-8-4-7-16/h3,5-6,10-11,17H,2,4,7-9H2,1H3/b13-11+. The van der Waals surface area contributed by atoms with E-state index in [9.17, 15) is 9.18 Å². The number of rotatable bonds is 8. The molecular formula is C15H19FO4. The van der Waals surface area contributed by atoms with E-state index in [1.54, 1.807) is 25.1 Å². The third kappa shape index (κ3) is 5.30. The van der Waals surface area contributed by atoms with Crippen LogP contribution in [-0.2, 0) is 16.0 Å². The highest BCUT2D eigenvalue weighted by atomic mass is 19.1. The van der Waals surface area contributed by atoms with Crippen molar-refractivity contribution in [1.82, 2.24) is 0 Å². The molecule has 0 atom stereocenters. The quantitative estimate of drug-likeness (QED) is 0.345. The molecule has 0 saturated carbocycles. The number of esters is 1. The molecule has 0 unspecified atom stereocenters. The minimum absolute atomic E-state index is 0.174. The maximum absolute atomic E-state index is 12.0. The molecule has 0 heterocycles. The van der Waals surface area contributed by atoms with Crippen LogP contribution in [0.25, 0.3) is 0 Å². The Labute approximate surface area is 117 Å². The van der Waals surface area contributed by atoms with Crippen molar-refractivity contribution in [3.05, 3.63) is 41.7 Å². The first-order valence-electron chi connectivity index (χ1n) is 6.49. The van der Waals surface area contributed by atoms with E-state index in [-0.39, 0.29) is 18.6 Å². The molecule has 0 spiro atoms. The number of aliphatic hydroxyl groups is 1. The Morgan fingerprint density at radius 1 is 1.45 bits per heavy atom. The third-order valence-electron chi connectivity index (χ3n) is 2.53. The van der Waals surface area contributed by atoms with Crippen molar-refractivity contribution in [3.63, 3.8) is 0 Å². The Morgan fingerprint density at radius 3 is 2.90 bits per heavy atom. The molecule has 0 saturated heterocycles. The first-order valence-corrected chi connectivity index (χ1v) is 6.49.